The summed E-state index contributed by atoms with van der Waals surface area (Å²) in [6.45, 7) is 0.285. The summed E-state index contributed by atoms with van der Waals surface area (Å²) in [6, 6.07) is 8.85. The highest BCUT2D eigenvalue weighted by molar-refractivity contribution is 6.17. The van der Waals surface area contributed by atoms with Crippen LogP contribution in [-0.2, 0) is 9.53 Å². The lowest BCUT2D eigenvalue weighted by Gasteiger charge is -2.03. The van der Waals surface area contributed by atoms with Crippen LogP contribution in [0.4, 0.5) is 0 Å². The van der Waals surface area contributed by atoms with Crippen LogP contribution < -0.4 is 4.74 Å². The van der Waals surface area contributed by atoms with E-state index >= 15 is 0 Å². The van der Waals surface area contributed by atoms with Crippen LogP contribution in [0, 0.1) is 0 Å². The minimum atomic E-state index is -0.415. The second kappa shape index (κ2) is 6.40. The molecule has 4 heteroatoms. The van der Waals surface area contributed by atoms with Gasteiger partial charge in [-0.05, 0) is 12.1 Å². The van der Waals surface area contributed by atoms with E-state index in [-0.39, 0.29) is 6.61 Å². The smallest absolute Gasteiger partial charge is 0.337 e. The molecule has 3 nitrogen and oxygen atoms in total. The number of para-hydroxylation sites is 1. The molecule has 0 spiro atoms. The highest BCUT2D eigenvalue weighted by atomic mass is 35.5. The summed E-state index contributed by atoms with van der Waals surface area (Å²) in [5.74, 6) is 0.479. The van der Waals surface area contributed by atoms with Crippen molar-refractivity contribution in [2.24, 2.45) is 0 Å². The Morgan fingerprint density at radius 3 is 2.64 bits per heavy atom. The van der Waals surface area contributed by atoms with E-state index in [4.69, 9.17) is 21.1 Å². The van der Waals surface area contributed by atoms with Crippen molar-refractivity contribution in [2.45, 2.75) is 0 Å². The first kappa shape index (κ1) is 11.0. The lowest BCUT2D eigenvalue weighted by atomic mass is 10.3. The molecule has 0 heterocycles. The molecule has 76 valence electrons. The van der Waals surface area contributed by atoms with Gasteiger partial charge in [-0.3, -0.25) is 0 Å². The van der Waals surface area contributed by atoms with Gasteiger partial charge in [0.2, 0.25) is 0 Å². The van der Waals surface area contributed by atoms with Crippen LogP contribution in [0.5, 0.6) is 5.75 Å². The monoisotopic (exact) mass is 214 g/mol. The Bertz CT molecular complexity index is 274. The maximum absolute atomic E-state index is 11.1. The molecule has 0 fully saturated rings. The standard InChI is InChI=1S/C10H11ClO3/c11-6-7-13-8-10(12)14-9-4-2-1-3-5-9/h1-5H,6-8H2. The lowest BCUT2D eigenvalue weighted by molar-refractivity contribution is -0.139. The molecule has 1 aromatic carbocycles. The molecule has 0 atom stereocenters. The van der Waals surface area contributed by atoms with Crippen molar-refractivity contribution in [3.05, 3.63) is 30.3 Å². The van der Waals surface area contributed by atoms with E-state index in [1.54, 1.807) is 24.3 Å². The molecule has 0 N–H and O–H groups in total. The number of carbonyl (C=O) groups is 1. The third kappa shape index (κ3) is 4.25. The molecular weight excluding hydrogens is 204 g/mol. The van der Waals surface area contributed by atoms with Crippen LogP contribution in [0.3, 0.4) is 0 Å². The largest absolute Gasteiger partial charge is 0.425 e. The van der Waals surface area contributed by atoms with Crippen molar-refractivity contribution in [3.8, 4) is 5.75 Å². The molecule has 0 bridgehead atoms. The molecule has 0 saturated heterocycles. The van der Waals surface area contributed by atoms with Crippen LogP contribution in [0.25, 0.3) is 0 Å². The zero-order valence-corrected chi connectivity index (χ0v) is 8.37. The van der Waals surface area contributed by atoms with Gasteiger partial charge in [-0.2, -0.15) is 0 Å². The minimum absolute atomic E-state index is 0.0678. The number of alkyl halides is 1. The van der Waals surface area contributed by atoms with Gasteiger partial charge in [-0.15, -0.1) is 11.6 Å². The fourth-order valence-corrected chi connectivity index (χ4v) is 0.969. The Morgan fingerprint density at radius 1 is 1.29 bits per heavy atom. The Labute approximate surface area is 87.6 Å². The maximum Gasteiger partial charge on any atom is 0.337 e. The first-order valence-corrected chi connectivity index (χ1v) is 4.76. The molecule has 0 aliphatic heterocycles. The normalized spacial score (nSPS) is 9.79. The average molecular weight is 215 g/mol. The molecule has 0 radical (unpaired) electrons. The fraction of sp³-hybridized carbons (Fsp3) is 0.300. The van der Waals surface area contributed by atoms with Crippen LogP contribution in [0.15, 0.2) is 30.3 Å². The summed E-state index contributed by atoms with van der Waals surface area (Å²) in [5, 5.41) is 0. The first-order valence-electron chi connectivity index (χ1n) is 4.22. The van der Waals surface area contributed by atoms with E-state index in [1.165, 1.54) is 0 Å². The van der Waals surface area contributed by atoms with E-state index < -0.39 is 5.97 Å². The molecular formula is C10H11ClO3. The van der Waals surface area contributed by atoms with E-state index in [2.05, 4.69) is 0 Å². The van der Waals surface area contributed by atoms with Gasteiger partial charge in [0.25, 0.3) is 0 Å². The van der Waals surface area contributed by atoms with Crippen molar-refractivity contribution in [3.63, 3.8) is 0 Å². The van der Waals surface area contributed by atoms with Gasteiger partial charge < -0.3 is 9.47 Å². The van der Waals surface area contributed by atoms with Gasteiger partial charge in [0.1, 0.15) is 12.4 Å². The van der Waals surface area contributed by atoms with Crippen molar-refractivity contribution < 1.29 is 14.3 Å². The third-order valence-electron chi connectivity index (χ3n) is 1.42. The third-order valence-corrected chi connectivity index (χ3v) is 1.57. The molecule has 0 amide bonds. The summed E-state index contributed by atoms with van der Waals surface area (Å²) in [6.07, 6.45) is 0. The molecule has 1 rings (SSSR count). The SMILES string of the molecule is O=C(COCCCl)Oc1ccccc1. The molecule has 0 aliphatic carbocycles. The summed E-state index contributed by atoms with van der Waals surface area (Å²) < 4.78 is 9.86. The number of rotatable bonds is 5. The molecule has 14 heavy (non-hydrogen) atoms. The van der Waals surface area contributed by atoms with Crippen molar-refractivity contribution >= 4 is 17.6 Å². The van der Waals surface area contributed by atoms with E-state index in [0.717, 1.165) is 0 Å². The summed E-state index contributed by atoms with van der Waals surface area (Å²) in [4.78, 5) is 11.1. The summed E-state index contributed by atoms with van der Waals surface area (Å²) in [7, 11) is 0. The maximum atomic E-state index is 11.1. The average Bonchev–Trinajstić information content (AvgIpc) is 2.20. The molecule has 0 saturated carbocycles. The Morgan fingerprint density at radius 2 is 2.00 bits per heavy atom. The number of hydrogen-bond donors (Lipinski definition) is 0. The minimum Gasteiger partial charge on any atom is -0.425 e. The molecule has 1 aromatic rings. The topological polar surface area (TPSA) is 35.5 Å². The fourth-order valence-electron chi connectivity index (χ4n) is 0.860. The van der Waals surface area contributed by atoms with Crippen LogP contribution in [0.2, 0.25) is 0 Å². The highest BCUT2D eigenvalue weighted by Gasteiger charge is 2.03. The van der Waals surface area contributed by atoms with E-state index in [1.807, 2.05) is 6.07 Å². The van der Waals surface area contributed by atoms with Crippen molar-refractivity contribution in [2.75, 3.05) is 19.1 Å². The van der Waals surface area contributed by atoms with Crippen LogP contribution in [-0.4, -0.2) is 25.1 Å². The van der Waals surface area contributed by atoms with Gasteiger partial charge in [0.05, 0.1) is 6.61 Å². The van der Waals surface area contributed by atoms with Crippen LogP contribution >= 0.6 is 11.6 Å². The van der Waals surface area contributed by atoms with E-state index in [0.29, 0.717) is 18.2 Å². The number of esters is 1. The number of hydrogen-bond acceptors (Lipinski definition) is 3. The highest BCUT2D eigenvalue weighted by Crippen LogP contribution is 2.08. The molecule has 0 aromatic heterocycles. The molecule has 0 unspecified atom stereocenters. The number of halogens is 1. The number of benzene rings is 1. The zero-order chi connectivity index (χ0) is 10.2. The Hall–Kier alpha value is -1.06. The number of ether oxygens (including phenoxy) is 2. The van der Waals surface area contributed by atoms with Gasteiger partial charge in [-0.1, -0.05) is 18.2 Å². The second-order valence-electron chi connectivity index (χ2n) is 2.53. The van der Waals surface area contributed by atoms with Gasteiger partial charge in [0.15, 0.2) is 0 Å². The van der Waals surface area contributed by atoms with Gasteiger partial charge in [0, 0.05) is 5.88 Å². The van der Waals surface area contributed by atoms with Crippen molar-refractivity contribution in [1.29, 1.82) is 0 Å². The Kier molecular flexibility index (Phi) is 5.04. The lowest BCUT2D eigenvalue weighted by Crippen LogP contribution is -2.16. The predicted octanol–water partition coefficient (Wildman–Crippen LogP) is 1.85. The summed E-state index contributed by atoms with van der Waals surface area (Å²) in [5.41, 5.74) is 0. The van der Waals surface area contributed by atoms with Gasteiger partial charge in [-0.25, -0.2) is 4.79 Å². The second-order valence-corrected chi connectivity index (χ2v) is 2.91. The Balaban J connectivity index is 2.27. The quantitative estimate of drug-likeness (QED) is 0.325. The number of carbonyl (C=O) groups excluding carboxylic acids is 1. The summed E-state index contributed by atoms with van der Waals surface area (Å²) >= 11 is 5.37. The van der Waals surface area contributed by atoms with Crippen LogP contribution in [0.1, 0.15) is 0 Å². The van der Waals surface area contributed by atoms with E-state index in [9.17, 15) is 4.79 Å². The van der Waals surface area contributed by atoms with Gasteiger partial charge >= 0.3 is 5.97 Å². The predicted molar refractivity (Wildman–Crippen MR) is 53.6 cm³/mol. The molecule has 0 aliphatic rings. The first-order chi connectivity index (χ1) is 6.83. The zero-order valence-electron chi connectivity index (χ0n) is 7.61. The van der Waals surface area contributed by atoms with Crippen molar-refractivity contribution in [1.82, 2.24) is 0 Å².